The predicted molar refractivity (Wildman–Crippen MR) is 54.8 cm³/mol. The SMILES string of the molecule is CCCC=C(C(=O)O)c1cccs1. The average Bonchev–Trinajstić information content (AvgIpc) is 2.57. The number of carbonyl (C=O) groups is 1. The summed E-state index contributed by atoms with van der Waals surface area (Å²) in [5, 5.41) is 10.8. The van der Waals surface area contributed by atoms with E-state index in [0.717, 1.165) is 17.7 Å². The van der Waals surface area contributed by atoms with Crippen LogP contribution in [-0.2, 0) is 4.79 Å². The predicted octanol–water partition coefficient (Wildman–Crippen LogP) is 3.02. The largest absolute Gasteiger partial charge is 0.478 e. The molecule has 0 saturated carbocycles. The van der Waals surface area contributed by atoms with Gasteiger partial charge >= 0.3 is 5.97 Å². The zero-order chi connectivity index (χ0) is 9.68. The Bertz CT molecular complexity index is 299. The Balaban J connectivity index is 2.87. The molecule has 1 aromatic rings. The monoisotopic (exact) mass is 196 g/mol. The van der Waals surface area contributed by atoms with Gasteiger partial charge < -0.3 is 5.11 Å². The first-order valence-corrected chi connectivity index (χ1v) is 5.11. The van der Waals surface area contributed by atoms with Gasteiger partial charge in [0.15, 0.2) is 0 Å². The van der Waals surface area contributed by atoms with Crippen molar-refractivity contribution in [3.05, 3.63) is 28.5 Å². The third-order valence-electron chi connectivity index (χ3n) is 1.65. The molecule has 1 N–H and O–H groups in total. The fourth-order valence-electron chi connectivity index (χ4n) is 1.01. The number of hydrogen-bond donors (Lipinski definition) is 1. The Morgan fingerprint density at radius 2 is 2.46 bits per heavy atom. The first kappa shape index (κ1) is 9.99. The number of rotatable bonds is 4. The van der Waals surface area contributed by atoms with Gasteiger partial charge in [0.05, 0.1) is 5.57 Å². The fraction of sp³-hybridized carbons (Fsp3) is 0.300. The minimum atomic E-state index is -0.837. The Morgan fingerprint density at radius 3 is 2.92 bits per heavy atom. The number of carboxylic acids is 1. The van der Waals surface area contributed by atoms with Crippen LogP contribution in [0.1, 0.15) is 24.6 Å². The van der Waals surface area contributed by atoms with Crippen LogP contribution in [0.15, 0.2) is 23.6 Å². The lowest BCUT2D eigenvalue weighted by molar-refractivity contribution is -0.130. The van der Waals surface area contributed by atoms with Crippen molar-refractivity contribution in [3.8, 4) is 0 Å². The molecule has 0 radical (unpaired) electrons. The van der Waals surface area contributed by atoms with E-state index in [1.54, 1.807) is 6.08 Å². The highest BCUT2D eigenvalue weighted by atomic mass is 32.1. The number of aliphatic carboxylic acids is 1. The lowest BCUT2D eigenvalue weighted by Crippen LogP contribution is -1.97. The molecule has 1 rings (SSSR count). The van der Waals surface area contributed by atoms with Gasteiger partial charge in [-0.05, 0) is 17.9 Å². The maximum atomic E-state index is 10.8. The van der Waals surface area contributed by atoms with Crippen molar-refractivity contribution in [1.29, 1.82) is 0 Å². The maximum Gasteiger partial charge on any atom is 0.336 e. The molecule has 2 nitrogen and oxygen atoms in total. The number of allylic oxidation sites excluding steroid dienone is 1. The summed E-state index contributed by atoms with van der Waals surface area (Å²) in [6, 6.07) is 3.70. The highest BCUT2D eigenvalue weighted by molar-refractivity contribution is 7.11. The Hall–Kier alpha value is -1.09. The van der Waals surface area contributed by atoms with Crippen LogP contribution < -0.4 is 0 Å². The molecular formula is C10H12O2S. The van der Waals surface area contributed by atoms with Crippen LogP contribution in [0.2, 0.25) is 0 Å². The summed E-state index contributed by atoms with van der Waals surface area (Å²) in [5.41, 5.74) is 0.428. The summed E-state index contributed by atoms with van der Waals surface area (Å²) < 4.78 is 0. The quantitative estimate of drug-likeness (QED) is 0.751. The van der Waals surface area contributed by atoms with Gasteiger partial charge in [-0.2, -0.15) is 0 Å². The Labute approximate surface area is 81.5 Å². The van der Waals surface area contributed by atoms with Gasteiger partial charge in [0.25, 0.3) is 0 Å². The van der Waals surface area contributed by atoms with Crippen LogP contribution in [-0.4, -0.2) is 11.1 Å². The highest BCUT2D eigenvalue weighted by Gasteiger charge is 2.09. The highest BCUT2D eigenvalue weighted by Crippen LogP contribution is 2.21. The number of thiophene rings is 1. The van der Waals surface area contributed by atoms with Crippen LogP contribution in [0.3, 0.4) is 0 Å². The van der Waals surface area contributed by atoms with Crippen molar-refractivity contribution in [2.45, 2.75) is 19.8 Å². The second-order valence-electron chi connectivity index (χ2n) is 2.69. The van der Waals surface area contributed by atoms with E-state index in [1.165, 1.54) is 11.3 Å². The zero-order valence-corrected chi connectivity index (χ0v) is 8.30. The Morgan fingerprint density at radius 1 is 1.69 bits per heavy atom. The average molecular weight is 196 g/mol. The minimum absolute atomic E-state index is 0.428. The van der Waals surface area contributed by atoms with Gasteiger partial charge in [-0.3, -0.25) is 0 Å². The molecule has 0 aliphatic heterocycles. The van der Waals surface area contributed by atoms with E-state index in [0.29, 0.717) is 5.57 Å². The van der Waals surface area contributed by atoms with Crippen molar-refractivity contribution >= 4 is 22.9 Å². The number of hydrogen-bond acceptors (Lipinski definition) is 2. The first-order chi connectivity index (χ1) is 6.25. The van der Waals surface area contributed by atoms with Crippen LogP contribution in [0, 0.1) is 0 Å². The molecule has 0 aliphatic rings. The normalized spacial score (nSPS) is 11.6. The van der Waals surface area contributed by atoms with Gasteiger partial charge in [0.1, 0.15) is 0 Å². The topological polar surface area (TPSA) is 37.3 Å². The number of unbranched alkanes of at least 4 members (excludes halogenated alkanes) is 1. The van der Waals surface area contributed by atoms with Gasteiger partial charge in [-0.15, -0.1) is 11.3 Å². The lowest BCUT2D eigenvalue weighted by atomic mass is 10.1. The van der Waals surface area contributed by atoms with Crippen molar-refractivity contribution in [2.24, 2.45) is 0 Å². The minimum Gasteiger partial charge on any atom is -0.478 e. The standard InChI is InChI=1S/C10H12O2S/c1-2-3-5-8(10(11)12)9-6-4-7-13-9/h4-7H,2-3H2,1H3,(H,11,12). The van der Waals surface area contributed by atoms with Crippen LogP contribution in [0.4, 0.5) is 0 Å². The number of carboxylic acid groups (broad SMARTS) is 1. The third-order valence-corrected chi connectivity index (χ3v) is 2.56. The summed E-state index contributed by atoms with van der Waals surface area (Å²) in [6.45, 7) is 2.03. The van der Waals surface area contributed by atoms with Gasteiger partial charge in [0, 0.05) is 4.88 Å². The van der Waals surface area contributed by atoms with Crippen LogP contribution in [0.5, 0.6) is 0 Å². The smallest absolute Gasteiger partial charge is 0.336 e. The molecule has 1 heterocycles. The summed E-state index contributed by atoms with van der Waals surface area (Å²) >= 11 is 1.46. The molecule has 0 aromatic carbocycles. The van der Waals surface area contributed by atoms with Crippen LogP contribution in [0.25, 0.3) is 5.57 Å². The summed E-state index contributed by atoms with van der Waals surface area (Å²) in [7, 11) is 0. The summed E-state index contributed by atoms with van der Waals surface area (Å²) in [4.78, 5) is 11.7. The first-order valence-electron chi connectivity index (χ1n) is 4.23. The molecule has 13 heavy (non-hydrogen) atoms. The molecule has 0 atom stereocenters. The second-order valence-corrected chi connectivity index (χ2v) is 3.64. The molecule has 0 fully saturated rings. The molecule has 1 aromatic heterocycles. The molecule has 70 valence electrons. The van der Waals surface area contributed by atoms with Crippen LogP contribution >= 0.6 is 11.3 Å². The summed E-state index contributed by atoms with van der Waals surface area (Å²) in [5.74, 6) is -0.837. The van der Waals surface area contributed by atoms with Gasteiger partial charge in [0.2, 0.25) is 0 Å². The van der Waals surface area contributed by atoms with E-state index >= 15 is 0 Å². The molecule has 0 aliphatic carbocycles. The molecule has 3 heteroatoms. The van der Waals surface area contributed by atoms with Crippen molar-refractivity contribution in [3.63, 3.8) is 0 Å². The second kappa shape index (κ2) is 4.82. The van der Waals surface area contributed by atoms with E-state index in [2.05, 4.69) is 0 Å². The van der Waals surface area contributed by atoms with Gasteiger partial charge in [-0.25, -0.2) is 4.79 Å². The maximum absolute atomic E-state index is 10.8. The van der Waals surface area contributed by atoms with E-state index in [4.69, 9.17) is 5.11 Å². The van der Waals surface area contributed by atoms with E-state index in [-0.39, 0.29) is 0 Å². The summed E-state index contributed by atoms with van der Waals surface area (Å²) in [6.07, 6.45) is 3.58. The zero-order valence-electron chi connectivity index (χ0n) is 7.49. The fourth-order valence-corrected chi connectivity index (χ4v) is 1.77. The third kappa shape index (κ3) is 2.70. The van der Waals surface area contributed by atoms with Crippen molar-refractivity contribution in [1.82, 2.24) is 0 Å². The Kier molecular flexibility index (Phi) is 3.71. The molecule has 0 spiro atoms. The molecule has 0 amide bonds. The van der Waals surface area contributed by atoms with Crippen molar-refractivity contribution < 1.29 is 9.90 Å². The lowest BCUT2D eigenvalue weighted by Gasteiger charge is -1.97. The van der Waals surface area contributed by atoms with E-state index in [9.17, 15) is 4.79 Å². The van der Waals surface area contributed by atoms with Gasteiger partial charge in [-0.1, -0.05) is 25.5 Å². The van der Waals surface area contributed by atoms with E-state index in [1.807, 2.05) is 24.4 Å². The molecule has 0 unspecified atom stereocenters. The van der Waals surface area contributed by atoms with E-state index < -0.39 is 5.97 Å². The molecule has 0 bridgehead atoms. The van der Waals surface area contributed by atoms with Crippen molar-refractivity contribution in [2.75, 3.05) is 0 Å². The molecular weight excluding hydrogens is 184 g/mol. The molecule has 0 saturated heterocycles.